The van der Waals surface area contributed by atoms with Gasteiger partial charge in [-0.25, -0.2) is 9.37 Å². The number of rotatable bonds is 4. The van der Waals surface area contributed by atoms with E-state index < -0.39 is 5.67 Å². The molecule has 0 saturated carbocycles. The molecule has 3 nitrogen and oxygen atoms in total. The Morgan fingerprint density at radius 1 is 1.57 bits per heavy atom. The summed E-state index contributed by atoms with van der Waals surface area (Å²) in [7, 11) is 0. The Hall–Kier alpha value is -1.32. The molecule has 0 unspecified atom stereocenters. The number of anilines is 2. The number of hydrogen-bond donors (Lipinski definition) is 2. The Labute approximate surface area is 83.5 Å². The third kappa shape index (κ3) is 3.60. The molecule has 14 heavy (non-hydrogen) atoms. The number of halogens is 1. The van der Waals surface area contributed by atoms with Gasteiger partial charge in [0.15, 0.2) is 0 Å². The average Bonchev–Trinajstić information content (AvgIpc) is 2.06. The number of aromatic nitrogens is 1. The molecule has 4 heteroatoms. The monoisotopic (exact) mass is 197 g/mol. The summed E-state index contributed by atoms with van der Waals surface area (Å²) in [5.41, 5.74) is 5.22. The molecule has 1 heterocycles. The van der Waals surface area contributed by atoms with E-state index in [1.165, 1.54) is 0 Å². The van der Waals surface area contributed by atoms with Gasteiger partial charge in [-0.1, -0.05) is 0 Å². The van der Waals surface area contributed by atoms with Gasteiger partial charge in [0, 0.05) is 12.7 Å². The van der Waals surface area contributed by atoms with Gasteiger partial charge in [-0.15, -0.1) is 0 Å². The molecule has 0 amide bonds. The molecule has 0 saturated heterocycles. The summed E-state index contributed by atoms with van der Waals surface area (Å²) in [6.07, 6.45) is 2.07. The van der Waals surface area contributed by atoms with E-state index in [1.54, 1.807) is 26.1 Å². The molecule has 0 radical (unpaired) electrons. The summed E-state index contributed by atoms with van der Waals surface area (Å²) in [4.78, 5) is 3.92. The largest absolute Gasteiger partial charge is 0.382 e. The minimum atomic E-state index is -1.15. The second kappa shape index (κ2) is 4.26. The molecule has 0 atom stereocenters. The molecule has 78 valence electrons. The lowest BCUT2D eigenvalue weighted by atomic mass is 10.1. The molecule has 0 aliphatic carbocycles. The van der Waals surface area contributed by atoms with Crippen molar-refractivity contribution in [3.63, 3.8) is 0 Å². The highest BCUT2D eigenvalue weighted by Gasteiger charge is 2.14. The first-order chi connectivity index (χ1) is 6.49. The maximum Gasteiger partial charge on any atom is 0.146 e. The highest BCUT2D eigenvalue weighted by Crippen LogP contribution is 2.16. The number of hydrogen-bond acceptors (Lipinski definition) is 3. The van der Waals surface area contributed by atoms with Crippen molar-refractivity contribution in [3.8, 4) is 0 Å². The van der Waals surface area contributed by atoms with Crippen LogP contribution in [0.15, 0.2) is 18.3 Å². The van der Waals surface area contributed by atoms with Gasteiger partial charge in [-0.2, -0.15) is 0 Å². The summed E-state index contributed by atoms with van der Waals surface area (Å²) < 4.78 is 13.1. The van der Waals surface area contributed by atoms with Crippen LogP contribution in [0.4, 0.5) is 15.9 Å². The fourth-order valence-corrected chi connectivity index (χ4v) is 1.06. The zero-order chi connectivity index (χ0) is 10.6. The summed E-state index contributed by atoms with van der Waals surface area (Å²) in [6.45, 7) is 3.67. The molecule has 1 rings (SSSR count). The van der Waals surface area contributed by atoms with Crippen molar-refractivity contribution in [2.24, 2.45) is 0 Å². The van der Waals surface area contributed by atoms with Gasteiger partial charge in [0.05, 0.1) is 5.69 Å². The van der Waals surface area contributed by atoms with Crippen molar-refractivity contribution >= 4 is 11.5 Å². The Morgan fingerprint density at radius 3 is 2.86 bits per heavy atom. The number of nitrogens with zero attached hydrogens (tertiary/aromatic N) is 1. The van der Waals surface area contributed by atoms with E-state index in [0.717, 1.165) is 5.69 Å². The van der Waals surface area contributed by atoms with Crippen molar-refractivity contribution in [3.05, 3.63) is 18.3 Å². The zero-order valence-electron chi connectivity index (χ0n) is 8.55. The lowest BCUT2D eigenvalue weighted by molar-refractivity contribution is 0.207. The molecule has 0 aliphatic heterocycles. The maximum atomic E-state index is 13.1. The van der Waals surface area contributed by atoms with Crippen LogP contribution >= 0.6 is 0 Å². The number of nitrogen functional groups attached to an aromatic ring is 1. The quantitative estimate of drug-likeness (QED) is 0.778. The van der Waals surface area contributed by atoms with E-state index in [9.17, 15) is 4.39 Å². The second-order valence-electron chi connectivity index (χ2n) is 3.83. The predicted molar refractivity (Wildman–Crippen MR) is 56.9 cm³/mol. The van der Waals surface area contributed by atoms with Crippen LogP contribution in [-0.2, 0) is 0 Å². The third-order valence-corrected chi connectivity index (χ3v) is 1.87. The fourth-order valence-electron chi connectivity index (χ4n) is 1.06. The summed E-state index contributed by atoms with van der Waals surface area (Å²) in [5, 5.41) is 3.04. The topological polar surface area (TPSA) is 50.9 Å². The van der Waals surface area contributed by atoms with Crippen molar-refractivity contribution in [1.82, 2.24) is 4.98 Å². The van der Waals surface area contributed by atoms with Crippen LogP contribution in [0.2, 0.25) is 0 Å². The van der Waals surface area contributed by atoms with E-state index in [2.05, 4.69) is 10.3 Å². The average molecular weight is 197 g/mol. The predicted octanol–water partition coefficient (Wildman–Crippen LogP) is 2.21. The molecule has 0 fully saturated rings. The van der Waals surface area contributed by atoms with Gasteiger partial charge in [-0.05, 0) is 32.4 Å². The standard InChI is InChI=1S/C10H16FN3/c1-10(2,11)5-7-13-8-4-3-6-14-9(8)12/h3-4,6,13H,5,7H2,1-2H3,(H2,12,14). The Morgan fingerprint density at radius 2 is 2.29 bits per heavy atom. The molecular weight excluding hydrogens is 181 g/mol. The first-order valence-electron chi connectivity index (χ1n) is 4.62. The summed E-state index contributed by atoms with van der Waals surface area (Å²) in [5.74, 6) is 0.448. The van der Waals surface area contributed by atoms with Gasteiger partial charge in [0.1, 0.15) is 11.5 Å². The van der Waals surface area contributed by atoms with E-state index in [-0.39, 0.29) is 0 Å². The fraction of sp³-hybridized carbons (Fsp3) is 0.500. The van der Waals surface area contributed by atoms with Crippen molar-refractivity contribution < 1.29 is 4.39 Å². The van der Waals surface area contributed by atoms with Gasteiger partial charge < -0.3 is 11.1 Å². The first-order valence-corrected chi connectivity index (χ1v) is 4.62. The molecular formula is C10H16FN3. The second-order valence-corrected chi connectivity index (χ2v) is 3.83. The van der Waals surface area contributed by atoms with Crippen molar-refractivity contribution in [2.75, 3.05) is 17.6 Å². The zero-order valence-corrected chi connectivity index (χ0v) is 8.55. The first kappa shape index (κ1) is 10.8. The Bertz CT molecular complexity index is 294. The Balaban J connectivity index is 2.43. The maximum absolute atomic E-state index is 13.1. The van der Waals surface area contributed by atoms with E-state index in [1.807, 2.05) is 6.07 Å². The minimum Gasteiger partial charge on any atom is -0.382 e. The molecule has 0 aromatic carbocycles. The van der Waals surface area contributed by atoms with Crippen molar-refractivity contribution in [1.29, 1.82) is 0 Å². The molecule has 1 aromatic heterocycles. The normalized spacial score (nSPS) is 11.4. The molecule has 0 spiro atoms. The Kier molecular flexibility index (Phi) is 3.28. The van der Waals surface area contributed by atoms with Crippen LogP contribution in [0.1, 0.15) is 20.3 Å². The van der Waals surface area contributed by atoms with Crippen LogP contribution in [0.5, 0.6) is 0 Å². The van der Waals surface area contributed by atoms with Gasteiger partial charge in [0.25, 0.3) is 0 Å². The molecule has 0 aliphatic rings. The molecule has 0 bridgehead atoms. The highest BCUT2D eigenvalue weighted by molar-refractivity contribution is 5.60. The minimum absolute atomic E-state index is 0.446. The third-order valence-electron chi connectivity index (χ3n) is 1.87. The number of alkyl halides is 1. The number of nitrogens with one attached hydrogen (secondary N) is 1. The van der Waals surface area contributed by atoms with E-state index in [0.29, 0.717) is 18.8 Å². The number of nitrogens with two attached hydrogens (primary N) is 1. The molecule has 1 aromatic rings. The smallest absolute Gasteiger partial charge is 0.146 e. The van der Waals surface area contributed by atoms with Crippen LogP contribution in [0.25, 0.3) is 0 Å². The van der Waals surface area contributed by atoms with Crippen LogP contribution in [-0.4, -0.2) is 17.2 Å². The summed E-state index contributed by atoms with van der Waals surface area (Å²) >= 11 is 0. The van der Waals surface area contributed by atoms with Gasteiger partial charge in [0.2, 0.25) is 0 Å². The lowest BCUT2D eigenvalue weighted by Gasteiger charge is -2.15. The van der Waals surface area contributed by atoms with Crippen LogP contribution in [0, 0.1) is 0 Å². The van der Waals surface area contributed by atoms with Crippen molar-refractivity contribution in [2.45, 2.75) is 25.9 Å². The molecule has 3 N–H and O–H groups in total. The van der Waals surface area contributed by atoms with E-state index >= 15 is 0 Å². The highest BCUT2D eigenvalue weighted by atomic mass is 19.1. The summed E-state index contributed by atoms with van der Waals surface area (Å²) in [6, 6.07) is 3.62. The van der Waals surface area contributed by atoms with E-state index in [4.69, 9.17) is 5.73 Å². The van der Waals surface area contributed by atoms with Gasteiger partial charge >= 0.3 is 0 Å². The number of pyridine rings is 1. The van der Waals surface area contributed by atoms with Crippen LogP contribution < -0.4 is 11.1 Å². The van der Waals surface area contributed by atoms with Crippen LogP contribution in [0.3, 0.4) is 0 Å². The lowest BCUT2D eigenvalue weighted by Crippen LogP contribution is -2.18. The SMILES string of the molecule is CC(C)(F)CCNc1cccnc1N. The van der Waals surface area contributed by atoms with Gasteiger partial charge in [-0.3, -0.25) is 0 Å².